The van der Waals surface area contributed by atoms with Gasteiger partial charge in [0, 0.05) is 24.7 Å². The molecule has 1 aliphatic carbocycles. The Balaban J connectivity index is 1.52. The van der Waals surface area contributed by atoms with Crippen LogP contribution in [0, 0.1) is 17.8 Å². The van der Waals surface area contributed by atoms with Gasteiger partial charge in [-0.05, 0) is 35.8 Å². The van der Waals surface area contributed by atoms with Gasteiger partial charge < -0.3 is 15.0 Å². The van der Waals surface area contributed by atoms with Gasteiger partial charge in [-0.15, -0.1) is 0 Å². The number of likely N-dealkylation sites (tertiary alicyclic amines) is 1. The molecule has 1 saturated carbocycles. The lowest BCUT2D eigenvalue weighted by Crippen LogP contribution is -2.45. The monoisotopic (exact) mass is 414 g/mol. The van der Waals surface area contributed by atoms with E-state index in [1.807, 2.05) is 29.2 Å². The van der Waals surface area contributed by atoms with Gasteiger partial charge in [0.15, 0.2) is 6.61 Å². The first-order valence-corrected chi connectivity index (χ1v) is 11.1. The Morgan fingerprint density at radius 1 is 1.20 bits per heavy atom. The zero-order valence-electron chi connectivity index (χ0n) is 18.5. The lowest BCUT2D eigenvalue weighted by atomic mass is 9.77. The molecule has 30 heavy (non-hydrogen) atoms. The molecular formula is C24H34N2O4. The Bertz CT molecular complexity index is 791. The van der Waals surface area contributed by atoms with Crippen LogP contribution in [0.15, 0.2) is 24.3 Å². The highest BCUT2D eigenvalue weighted by Gasteiger charge is 2.42. The number of hydrogen-bond donors (Lipinski definition) is 1. The first-order valence-electron chi connectivity index (χ1n) is 11.1. The molecule has 2 fully saturated rings. The van der Waals surface area contributed by atoms with Crippen LogP contribution in [0.5, 0.6) is 0 Å². The summed E-state index contributed by atoms with van der Waals surface area (Å²) in [6, 6.07) is 7.81. The van der Waals surface area contributed by atoms with Gasteiger partial charge in [-0.2, -0.15) is 0 Å². The van der Waals surface area contributed by atoms with Crippen LogP contribution in [0.25, 0.3) is 0 Å². The highest BCUT2D eigenvalue weighted by atomic mass is 16.5. The Hall–Kier alpha value is -2.37. The average Bonchev–Trinajstić information content (AvgIpc) is 3.10. The largest absolute Gasteiger partial charge is 0.455 e. The predicted molar refractivity (Wildman–Crippen MR) is 116 cm³/mol. The van der Waals surface area contributed by atoms with E-state index in [2.05, 4.69) is 33.0 Å². The van der Waals surface area contributed by atoms with Crippen LogP contribution in [0.4, 0.5) is 5.69 Å². The second-order valence-corrected chi connectivity index (χ2v) is 9.18. The van der Waals surface area contributed by atoms with Gasteiger partial charge in [-0.1, -0.05) is 58.7 Å². The van der Waals surface area contributed by atoms with E-state index in [4.69, 9.17) is 4.74 Å². The molecule has 0 unspecified atom stereocenters. The number of carbonyl (C=O) groups excluding carboxylic acids is 3. The molecule has 1 aliphatic heterocycles. The van der Waals surface area contributed by atoms with E-state index in [9.17, 15) is 14.4 Å². The molecule has 0 radical (unpaired) electrons. The number of rotatable bonds is 6. The third kappa shape index (κ3) is 5.02. The zero-order chi connectivity index (χ0) is 21.8. The summed E-state index contributed by atoms with van der Waals surface area (Å²) in [4.78, 5) is 39.3. The van der Waals surface area contributed by atoms with Crippen LogP contribution < -0.4 is 5.32 Å². The fraction of sp³-hybridized carbons (Fsp3) is 0.625. The predicted octanol–water partition coefficient (Wildman–Crippen LogP) is 3.96. The molecule has 1 saturated heterocycles. The number of benzene rings is 1. The fourth-order valence-electron chi connectivity index (χ4n) is 4.76. The summed E-state index contributed by atoms with van der Waals surface area (Å²) in [5.41, 5.74) is 1.77. The Kier molecular flexibility index (Phi) is 7.16. The minimum atomic E-state index is -0.488. The van der Waals surface area contributed by atoms with E-state index >= 15 is 0 Å². The SMILES string of the molecule is CC(C)c1ccccc1NC(=O)COC(=O)[C@@H]1CC(=O)N([C@@H]2CCC[C@@H](C)[C@H]2C)C1. The molecule has 1 N–H and O–H groups in total. The molecule has 0 aromatic heterocycles. The molecule has 2 amide bonds. The molecule has 6 nitrogen and oxygen atoms in total. The van der Waals surface area contributed by atoms with Crippen LogP contribution in [-0.2, 0) is 19.1 Å². The molecule has 6 heteroatoms. The highest BCUT2D eigenvalue weighted by molar-refractivity contribution is 5.94. The van der Waals surface area contributed by atoms with Gasteiger partial charge >= 0.3 is 5.97 Å². The van der Waals surface area contributed by atoms with Gasteiger partial charge in [-0.25, -0.2) is 0 Å². The minimum Gasteiger partial charge on any atom is -0.455 e. The summed E-state index contributed by atoms with van der Waals surface area (Å²) in [5.74, 6) is -0.00780. The smallest absolute Gasteiger partial charge is 0.311 e. The standard InChI is InChI=1S/C24H34N2O4/c1-15(2)19-9-5-6-10-20(19)25-22(27)14-30-24(29)18-12-23(28)26(13-18)21-11-7-8-16(3)17(21)4/h5-6,9-10,15-18,21H,7-8,11-14H2,1-4H3,(H,25,27)/t16-,17-,18-,21-/m1/s1. The number of ether oxygens (including phenoxy) is 1. The summed E-state index contributed by atoms with van der Waals surface area (Å²) in [6.07, 6.45) is 3.48. The first-order chi connectivity index (χ1) is 14.3. The first kappa shape index (κ1) is 22.3. The molecular weight excluding hydrogens is 380 g/mol. The summed E-state index contributed by atoms with van der Waals surface area (Å²) in [5, 5.41) is 2.82. The Morgan fingerprint density at radius 3 is 2.67 bits per heavy atom. The van der Waals surface area contributed by atoms with Crippen LogP contribution in [0.3, 0.4) is 0 Å². The molecule has 164 valence electrons. The maximum absolute atomic E-state index is 12.6. The van der Waals surface area contributed by atoms with Crippen molar-refractivity contribution in [2.75, 3.05) is 18.5 Å². The maximum atomic E-state index is 12.6. The van der Waals surface area contributed by atoms with Crippen molar-refractivity contribution in [2.24, 2.45) is 17.8 Å². The number of nitrogens with one attached hydrogen (secondary N) is 1. The van der Waals surface area contributed by atoms with E-state index < -0.39 is 11.9 Å². The van der Waals surface area contributed by atoms with Crippen LogP contribution >= 0.6 is 0 Å². The molecule has 2 aliphatic rings. The van der Waals surface area contributed by atoms with Crippen molar-refractivity contribution in [2.45, 2.75) is 65.3 Å². The molecule has 1 aromatic rings. The van der Waals surface area contributed by atoms with E-state index in [1.54, 1.807) is 0 Å². The normalized spacial score (nSPS) is 26.7. The van der Waals surface area contributed by atoms with Crippen LogP contribution in [0.2, 0.25) is 0 Å². The van der Waals surface area contributed by atoms with E-state index in [0.717, 1.165) is 24.1 Å². The third-order valence-corrected chi connectivity index (χ3v) is 6.76. The van der Waals surface area contributed by atoms with Gasteiger partial charge in [0.25, 0.3) is 5.91 Å². The topological polar surface area (TPSA) is 75.7 Å². The number of esters is 1. The zero-order valence-corrected chi connectivity index (χ0v) is 18.5. The third-order valence-electron chi connectivity index (χ3n) is 6.76. The molecule has 3 rings (SSSR count). The van der Waals surface area contributed by atoms with Crippen molar-refractivity contribution in [1.29, 1.82) is 0 Å². The molecule has 1 heterocycles. The molecule has 4 atom stereocenters. The van der Waals surface area contributed by atoms with E-state index in [1.165, 1.54) is 6.42 Å². The summed E-state index contributed by atoms with van der Waals surface area (Å²) in [7, 11) is 0. The number of hydrogen-bond acceptors (Lipinski definition) is 4. The van der Waals surface area contributed by atoms with Gasteiger partial charge in [0.05, 0.1) is 5.92 Å². The van der Waals surface area contributed by atoms with Crippen LogP contribution in [-0.4, -0.2) is 41.9 Å². The number of amides is 2. The van der Waals surface area contributed by atoms with Crippen LogP contribution in [0.1, 0.15) is 64.9 Å². The molecule has 0 bridgehead atoms. The van der Waals surface area contributed by atoms with E-state index in [-0.39, 0.29) is 36.8 Å². The summed E-state index contributed by atoms with van der Waals surface area (Å²) in [6.45, 7) is 8.61. The Morgan fingerprint density at radius 2 is 1.93 bits per heavy atom. The van der Waals surface area contributed by atoms with Crippen molar-refractivity contribution in [1.82, 2.24) is 4.90 Å². The van der Waals surface area contributed by atoms with Crippen molar-refractivity contribution in [3.8, 4) is 0 Å². The van der Waals surface area contributed by atoms with E-state index in [0.29, 0.717) is 18.4 Å². The minimum absolute atomic E-state index is 0.0261. The molecule has 1 aromatic carbocycles. The Labute approximate surface area is 179 Å². The van der Waals surface area contributed by atoms with Gasteiger partial charge in [0.1, 0.15) is 0 Å². The lowest BCUT2D eigenvalue weighted by molar-refractivity contribution is -0.151. The number of para-hydroxylation sites is 1. The van der Waals surface area contributed by atoms with Crippen molar-refractivity contribution in [3.63, 3.8) is 0 Å². The number of anilines is 1. The second kappa shape index (κ2) is 9.63. The second-order valence-electron chi connectivity index (χ2n) is 9.18. The van der Waals surface area contributed by atoms with Gasteiger partial charge in [-0.3, -0.25) is 14.4 Å². The lowest BCUT2D eigenvalue weighted by Gasteiger charge is -2.39. The fourth-order valence-corrected chi connectivity index (χ4v) is 4.76. The maximum Gasteiger partial charge on any atom is 0.311 e. The summed E-state index contributed by atoms with van der Waals surface area (Å²) < 4.78 is 5.26. The van der Waals surface area contributed by atoms with Crippen molar-refractivity contribution in [3.05, 3.63) is 29.8 Å². The summed E-state index contributed by atoms with van der Waals surface area (Å²) >= 11 is 0. The molecule has 0 spiro atoms. The van der Waals surface area contributed by atoms with Crippen molar-refractivity contribution < 1.29 is 19.1 Å². The highest BCUT2D eigenvalue weighted by Crippen LogP contribution is 2.36. The number of carbonyl (C=O) groups is 3. The quantitative estimate of drug-likeness (QED) is 0.715. The van der Waals surface area contributed by atoms with Crippen molar-refractivity contribution >= 4 is 23.5 Å². The number of nitrogens with zero attached hydrogens (tertiary/aromatic N) is 1. The van der Waals surface area contributed by atoms with Gasteiger partial charge in [0.2, 0.25) is 5.91 Å². The average molecular weight is 415 g/mol.